The van der Waals surface area contributed by atoms with E-state index in [9.17, 15) is 23.2 Å². The summed E-state index contributed by atoms with van der Waals surface area (Å²) in [7, 11) is -4.64. The fourth-order valence-corrected chi connectivity index (χ4v) is 6.84. The van der Waals surface area contributed by atoms with Crippen molar-refractivity contribution in [2.45, 2.75) is 63.9 Å². The van der Waals surface area contributed by atoms with E-state index in [2.05, 4.69) is 67.0 Å². The second-order valence-electron chi connectivity index (χ2n) is 12.7. The smallest absolute Gasteiger partial charge is 0.419 e. The second-order valence-corrected chi connectivity index (χ2v) is 14.4. The molecule has 1 aromatic heterocycles. The van der Waals surface area contributed by atoms with Gasteiger partial charge in [0.1, 0.15) is 12.4 Å². The van der Waals surface area contributed by atoms with Crippen molar-refractivity contribution in [3.63, 3.8) is 0 Å². The van der Waals surface area contributed by atoms with Gasteiger partial charge in [-0.05, 0) is 67.4 Å². The van der Waals surface area contributed by atoms with Gasteiger partial charge in [0.2, 0.25) is 0 Å². The van der Waals surface area contributed by atoms with Gasteiger partial charge < -0.3 is 23.6 Å². The van der Waals surface area contributed by atoms with Gasteiger partial charge in [0.25, 0.3) is 0 Å². The highest BCUT2D eigenvalue weighted by atomic mass is 35.5. The van der Waals surface area contributed by atoms with Crippen molar-refractivity contribution in [3.05, 3.63) is 72.5 Å². The SMILES string of the molecule is C=C[C@]1(C)CC[C@@H](C(=C)CN(CCOC(=O)CCC(=O)OCC#CCOc2no[n+]([O-])c2S(=O)(=O)Oc2ccccc2)C(C)C)C[C@H]1C(=C)CCl. The first-order valence-electron chi connectivity index (χ1n) is 16.5. The average molecular weight is 748 g/mol. The maximum Gasteiger partial charge on any atom is 0.419 e. The molecule has 1 heterocycles. The van der Waals surface area contributed by atoms with E-state index in [0.29, 0.717) is 24.9 Å². The molecule has 0 bridgehead atoms. The zero-order valence-corrected chi connectivity index (χ0v) is 30.9. The summed E-state index contributed by atoms with van der Waals surface area (Å²) in [5.74, 6) is 4.10. The number of esters is 2. The largest absolute Gasteiger partial charge is 0.464 e. The van der Waals surface area contributed by atoms with Crippen molar-refractivity contribution in [1.82, 2.24) is 10.1 Å². The first kappa shape index (κ1) is 41.1. The molecule has 3 atom stereocenters. The number of para-hydroxylation sites is 1. The number of nitrogens with zero attached hydrogens (tertiary/aromatic N) is 3. The highest BCUT2D eigenvalue weighted by Crippen LogP contribution is 2.49. The minimum absolute atomic E-state index is 0.0359. The van der Waals surface area contributed by atoms with Gasteiger partial charge in [-0.15, -0.1) is 18.2 Å². The number of hydrogen-bond acceptors (Lipinski definition) is 12. The monoisotopic (exact) mass is 747 g/mol. The van der Waals surface area contributed by atoms with Crippen LogP contribution in [0.1, 0.15) is 52.9 Å². The van der Waals surface area contributed by atoms with Crippen LogP contribution in [0.4, 0.5) is 0 Å². The van der Waals surface area contributed by atoms with Crippen molar-refractivity contribution in [1.29, 1.82) is 0 Å². The standard InChI is InChI=1S/C36H46ClN3O10S/c1-7-36(6)18-17-29(23-31(36)27(4)24-37)28(5)25-39(26(2)3)19-22-47-33(42)16-15-32(41)46-20-11-12-21-48-34-35(40(43)50-38-34)51(44,45)49-30-13-9-8-10-14-30/h7-10,13-14,26,29,31H,1,4-5,15-25H2,2-3,6H3/t29-,31+,36-/m1/s1. The van der Waals surface area contributed by atoms with Gasteiger partial charge in [0.15, 0.2) is 13.2 Å². The van der Waals surface area contributed by atoms with Crippen LogP contribution >= 0.6 is 11.6 Å². The third-order valence-corrected chi connectivity index (χ3v) is 10.4. The summed E-state index contributed by atoms with van der Waals surface area (Å²) in [6.07, 6.45) is 4.58. The lowest BCUT2D eigenvalue weighted by atomic mass is 9.61. The summed E-state index contributed by atoms with van der Waals surface area (Å²) in [4.78, 5) is 26.2. The van der Waals surface area contributed by atoms with Gasteiger partial charge in [-0.1, -0.05) is 67.3 Å². The van der Waals surface area contributed by atoms with E-state index in [4.69, 9.17) is 30.0 Å². The minimum Gasteiger partial charge on any atom is -0.464 e. The molecule has 278 valence electrons. The summed E-state index contributed by atoms with van der Waals surface area (Å²) in [5, 5.41) is 14.2. The molecule has 0 saturated heterocycles. The van der Waals surface area contributed by atoms with E-state index in [-0.39, 0.29) is 54.1 Å². The zero-order chi connectivity index (χ0) is 37.6. The van der Waals surface area contributed by atoms with E-state index in [1.807, 2.05) is 6.08 Å². The minimum atomic E-state index is -4.64. The third kappa shape index (κ3) is 12.2. The van der Waals surface area contributed by atoms with Gasteiger partial charge in [0.05, 0.1) is 18.0 Å². The molecule has 13 nitrogen and oxygen atoms in total. The number of aromatic nitrogens is 2. The number of rotatable bonds is 19. The van der Waals surface area contributed by atoms with E-state index >= 15 is 0 Å². The second kappa shape index (κ2) is 19.3. The molecule has 0 spiro atoms. The molecule has 15 heteroatoms. The van der Waals surface area contributed by atoms with E-state index in [0.717, 1.165) is 30.4 Å². The van der Waals surface area contributed by atoms with Crippen LogP contribution < -0.4 is 13.8 Å². The van der Waals surface area contributed by atoms with E-state index in [1.54, 1.807) is 18.2 Å². The van der Waals surface area contributed by atoms with Crippen LogP contribution in [0.3, 0.4) is 0 Å². The van der Waals surface area contributed by atoms with Gasteiger partial charge in [-0.2, -0.15) is 8.42 Å². The van der Waals surface area contributed by atoms with Crippen molar-refractivity contribution in [2.75, 3.05) is 38.8 Å². The molecule has 1 aliphatic rings. The lowest BCUT2D eigenvalue weighted by Crippen LogP contribution is -2.39. The Morgan fingerprint density at radius 3 is 2.47 bits per heavy atom. The van der Waals surface area contributed by atoms with Crippen molar-refractivity contribution >= 4 is 33.7 Å². The van der Waals surface area contributed by atoms with E-state index < -0.39 is 39.6 Å². The van der Waals surface area contributed by atoms with Gasteiger partial charge in [-0.25, -0.2) is 0 Å². The molecular weight excluding hydrogens is 702 g/mol. The summed E-state index contributed by atoms with van der Waals surface area (Å²) in [6.45, 7) is 19.7. The van der Waals surface area contributed by atoms with Crippen molar-refractivity contribution < 1.29 is 45.9 Å². The Labute approximate surface area is 304 Å². The van der Waals surface area contributed by atoms with Gasteiger partial charge in [-0.3, -0.25) is 19.1 Å². The molecule has 1 aliphatic carbocycles. The van der Waals surface area contributed by atoms with Crippen molar-refractivity contribution in [3.8, 4) is 23.5 Å². The first-order chi connectivity index (χ1) is 24.2. The van der Waals surface area contributed by atoms with Crippen LogP contribution in [0.2, 0.25) is 0 Å². The Hall–Kier alpha value is -4.32. The number of carbonyl (C=O) groups is 2. The Bertz CT molecular complexity index is 1700. The molecule has 1 fully saturated rings. The Kier molecular flexibility index (Phi) is 15.6. The van der Waals surface area contributed by atoms with Crippen LogP contribution in [-0.2, 0) is 29.2 Å². The van der Waals surface area contributed by atoms with Crippen LogP contribution in [-0.4, -0.2) is 75.2 Å². The maximum absolute atomic E-state index is 12.5. The molecule has 0 N–H and O–H groups in total. The van der Waals surface area contributed by atoms with Gasteiger partial charge >= 0.3 is 33.0 Å². The number of hydrogen-bond donors (Lipinski definition) is 0. The number of ether oxygens (including phenoxy) is 3. The molecule has 51 heavy (non-hydrogen) atoms. The summed E-state index contributed by atoms with van der Waals surface area (Å²) >= 11 is 6.16. The Balaban J connectivity index is 1.36. The summed E-state index contributed by atoms with van der Waals surface area (Å²) in [5.41, 5.74) is 2.12. The fourth-order valence-electron chi connectivity index (χ4n) is 5.69. The summed E-state index contributed by atoms with van der Waals surface area (Å²) < 4.78 is 49.8. The van der Waals surface area contributed by atoms with Crippen LogP contribution in [0, 0.1) is 34.3 Å². The topological polar surface area (TPSA) is 161 Å². The summed E-state index contributed by atoms with van der Waals surface area (Å²) in [6, 6.07) is 7.70. The van der Waals surface area contributed by atoms with E-state index in [1.165, 1.54) is 12.1 Å². The van der Waals surface area contributed by atoms with Gasteiger partial charge in [0, 0.05) is 25.0 Å². The zero-order valence-electron chi connectivity index (χ0n) is 29.3. The predicted octanol–water partition coefficient (Wildman–Crippen LogP) is 4.99. The van der Waals surface area contributed by atoms with Crippen LogP contribution in [0.5, 0.6) is 11.6 Å². The highest BCUT2D eigenvalue weighted by Gasteiger charge is 2.40. The number of alkyl halides is 1. The normalized spacial score (nSPS) is 18.7. The molecule has 0 aliphatic heterocycles. The predicted molar refractivity (Wildman–Crippen MR) is 189 cm³/mol. The van der Waals surface area contributed by atoms with Crippen LogP contribution in [0.15, 0.2) is 76.9 Å². The van der Waals surface area contributed by atoms with Crippen molar-refractivity contribution in [2.24, 2.45) is 17.3 Å². The molecule has 3 rings (SSSR count). The molecule has 1 aromatic carbocycles. The number of allylic oxidation sites excluding steroid dienone is 2. The lowest BCUT2D eigenvalue weighted by molar-refractivity contribution is -0.832. The molecule has 0 unspecified atom stereocenters. The number of benzene rings is 1. The third-order valence-electron chi connectivity index (χ3n) is 8.81. The molecular formula is C36H46ClN3O10S. The average Bonchev–Trinajstić information content (AvgIpc) is 3.49. The number of halogens is 1. The molecule has 1 saturated carbocycles. The highest BCUT2D eigenvalue weighted by molar-refractivity contribution is 7.87. The fraction of sp³-hybridized carbons (Fsp3) is 0.500. The maximum atomic E-state index is 12.5. The Morgan fingerprint density at radius 2 is 1.82 bits per heavy atom. The quantitative estimate of drug-likeness (QED) is 0.0473. The Morgan fingerprint density at radius 1 is 1.16 bits per heavy atom. The molecule has 0 radical (unpaired) electrons. The first-order valence-corrected chi connectivity index (χ1v) is 18.4. The molecule has 2 aromatic rings. The van der Waals surface area contributed by atoms with Crippen LogP contribution in [0.25, 0.3) is 0 Å². The number of carbonyl (C=O) groups excluding carboxylic acids is 2. The lowest BCUT2D eigenvalue weighted by Gasteiger charge is -2.44. The molecule has 0 amide bonds.